The Balaban J connectivity index is 1.07. The van der Waals surface area contributed by atoms with Crippen molar-refractivity contribution in [3.63, 3.8) is 0 Å². The molecule has 1 aromatic heterocycles. The van der Waals surface area contributed by atoms with Gasteiger partial charge in [0.25, 0.3) is 10.0 Å². The Morgan fingerprint density at radius 2 is 1.73 bits per heavy atom. The van der Waals surface area contributed by atoms with E-state index in [1.807, 2.05) is 19.1 Å². The van der Waals surface area contributed by atoms with E-state index in [2.05, 4.69) is 20.8 Å². The molecule has 2 aliphatic heterocycles. The fraction of sp³-hybridized carbons (Fsp3) is 0.370. The molecule has 3 aromatic rings. The Labute approximate surface area is 219 Å². The van der Waals surface area contributed by atoms with Crippen LogP contribution in [0.25, 0.3) is 0 Å². The lowest BCUT2D eigenvalue weighted by atomic mass is 10.1. The maximum absolute atomic E-state index is 12.6. The highest BCUT2D eigenvalue weighted by molar-refractivity contribution is 8.00. The zero-order valence-electron chi connectivity index (χ0n) is 20.7. The molecule has 0 aliphatic carbocycles. The fourth-order valence-electron chi connectivity index (χ4n) is 4.47. The molecular weight excluding hydrogens is 512 g/mol. The van der Waals surface area contributed by atoms with Crippen molar-refractivity contribution in [1.82, 2.24) is 4.90 Å². The van der Waals surface area contributed by atoms with Crippen LogP contribution in [0.1, 0.15) is 35.3 Å². The van der Waals surface area contributed by atoms with E-state index in [4.69, 9.17) is 13.9 Å². The smallest absolute Gasteiger partial charge is 0.287 e. The van der Waals surface area contributed by atoms with Crippen LogP contribution in [-0.2, 0) is 45.1 Å². The number of fused-ring (bicyclic) bond motifs is 1. The molecule has 0 amide bonds. The summed E-state index contributed by atoms with van der Waals surface area (Å²) in [6.45, 7) is 4.06. The average Bonchev–Trinajstić information content (AvgIpc) is 3.29. The molecule has 0 spiro atoms. The summed E-state index contributed by atoms with van der Waals surface area (Å²) in [6, 6.07) is 16.5. The van der Waals surface area contributed by atoms with E-state index in [0.717, 1.165) is 18.7 Å². The van der Waals surface area contributed by atoms with E-state index in [1.165, 1.54) is 23.5 Å². The first kappa shape index (κ1) is 25.8. The second-order valence-electron chi connectivity index (χ2n) is 9.35. The summed E-state index contributed by atoms with van der Waals surface area (Å²) in [5.74, 6) is 2.00. The van der Waals surface area contributed by atoms with Gasteiger partial charge in [0.1, 0.15) is 12.0 Å². The summed E-state index contributed by atoms with van der Waals surface area (Å²) in [7, 11) is -4.21. The highest BCUT2D eigenvalue weighted by atomic mass is 32.3. The van der Waals surface area contributed by atoms with E-state index in [-0.39, 0.29) is 29.0 Å². The summed E-state index contributed by atoms with van der Waals surface area (Å²) in [4.78, 5) is 15.0. The topological polar surface area (TPSA) is 98.4 Å². The van der Waals surface area contributed by atoms with Crippen LogP contribution in [0.3, 0.4) is 0 Å². The third-order valence-electron chi connectivity index (χ3n) is 6.53. The molecule has 2 aliphatic rings. The van der Waals surface area contributed by atoms with E-state index in [9.17, 15) is 13.2 Å². The lowest BCUT2D eigenvalue weighted by Gasteiger charge is -2.23. The number of hydrogen-bond donors (Lipinski definition) is 0. The van der Waals surface area contributed by atoms with Gasteiger partial charge in [0.05, 0.1) is 17.5 Å². The van der Waals surface area contributed by atoms with Crippen LogP contribution in [0.5, 0.6) is 5.75 Å². The molecule has 1 fully saturated rings. The third-order valence-corrected chi connectivity index (χ3v) is 10.4. The van der Waals surface area contributed by atoms with Gasteiger partial charge in [0, 0.05) is 30.7 Å². The number of aryl methyl sites for hydroxylation is 1. The monoisotopic (exact) mass is 542 g/mol. The summed E-state index contributed by atoms with van der Waals surface area (Å²) < 4.78 is 46.3. The van der Waals surface area contributed by atoms with Crippen LogP contribution in [0.2, 0.25) is 0 Å². The summed E-state index contributed by atoms with van der Waals surface area (Å²) in [5, 5.41) is 0. The van der Waals surface area contributed by atoms with Crippen LogP contribution in [0, 0.1) is 6.92 Å². The van der Waals surface area contributed by atoms with Gasteiger partial charge in [-0.3, -0.25) is 9.69 Å². The molecule has 3 heterocycles. The van der Waals surface area contributed by atoms with Crippen molar-refractivity contribution in [3.8, 4) is 5.75 Å². The van der Waals surface area contributed by atoms with Crippen LogP contribution >= 0.6 is 0 Å². The Kier molecular flexibility index (Phi) is 7.89. The summed E-state index contributed by atoms with van der Waals surface area (Å²) in [5.41, 5.74) is 3.37. The zero-order valence-corrected chi connectivity index (χ0v) is 22.3. The number of benzene rings is 2. The van der Waals surface area contributed by atoms with Crippen molar-refractivity contribution >= 4 is 20.7 Å². The number of nitrogens with zero attached hydrogens (tertiary/aromatic N) is 2. The van der Waals surface area contributed by atoms with Crippen molar-refractivity contribution in [1.29, 1.82) is 0 Å². The molecule has 2 aromatic carbocycles. The molecular formula is C27H30N2O6S2. The van der Waals surface area contributed by atoms with Crippen LogP contribution < -0.4 is 10.2 Å². The molecule has 1 saturated heterocycles. The van der Waals surface area contributed by atoms with Crippen molar-refractivity contribution in [2.45, 2.75) is 50.4 Å². The van der Waals surface area contributed by atoms with Gasteiger partial charge < -0.3 is 13.9 Å². The van der Waals surface area contributed by atoms with Gasteiger partial charge >= 0.3 is 0 Å². The molecule has 196 valence electrons. The van der Waals surface area contributed by atoms with Crippen LogP contribution in [0.15, 0.2) is 78.7 Å². The molecule has 8 nitrogen and oxygen atoms in total. The Bertz CT molecular complexity index is 1420. The zero-order chi connectivity index (χ0) is 25.8. The van der Waals surface area contributed by atoms with Crippen LogP contribution in [0.4, 0.5) is 0 Å². The maximum Gasteiger partial charge on any atom is 0.287 e. The van der Waals surface area contributed by atoms with Gasteiger partial charge in [-0.05, 0) is 43.0 Å². The molecule has 5 rings (SSSR count). The molecule has 0 N–H and O–H groups in total. The minimum atomic E-state index is -3.65. The Morgan fingerprint density at radius 3 is 2.38 bits per heavy atom. The van der Waals surface area contributed by atoms with Crippen molar-refractivity contribution in [3.05, 3.63) is 93.5 Å². The molecule has 0 bridgehead atoms. The predicted molar refractivity (Wildman–Crippen MR) is 142 cm³/mol. The number of ether oxygens (including phenoxy) is 2. The lowest BCUT2D eigenvalue weighted by molar-refractivity contribution is -0.0400. The first-order valence-corrected chi connectivity index (χ1v) is 15.2. The molecule has 10 heteroatoms. The van der Waals surface area contributed by atoms with Gasteiger partial charge in [0.2, 0.25) is 11.2 Å². The van der Waals surface area contributed by atoms with Gasteiger partial charge in [-0.15, -0.1) is 3.77 Å². The number of sulfonamides is 1. The van der Waals surface area contributed by atoms with E-state index in [0.29, 0.717) is 36.7 Å². The normalized spacial score (nSPS) is 19.9. The second-order valence-corrected chi connectivity index (χ2v) is 13.1. The number of rotatable bonds is 8. The number of hydrogen-bond acceptors (Lipinski definition) is 7. The first-order valence-electron chi connectivity index (χ1n) is 12.2. The second kappa shape index (κ2) is 11.3. The quantitative estimate of drug-likeness (QED) is 0.394. The summed E-state index contributed by atoms with van der Waals surface area (Å²) in [6.07, 6.45) is 2.65. The highest BCUT2D eigenvalue weighted by Crippen LogP contribution is 2.24. The van der Waals surface area contributed by atoms with Gasteiger partial charge in [0.15, 0.2) is 6.79 Å². The maximum atomic E-state index is 12.6. The van der Waals surface area contributed by atoms with Crippen molar-refractivity contribution in [2.24, 2.45) is 3.77 Å². The molecule has 0 radical (unpaired) electrons. The van der Waals surface area contributed by atoms with Crippen LogP contribution in [-0.4, -0.2) is 37.7 Å². The van der Waals surface area contributed by atoms with Gasteiger partial charge in [-0.1, -0.05) is 52.7 Å². The van der Waals surface area contributed by atoms with E-state index < -0.39 is 20.7 Å². The van der Waals surface area contributed by atoms with Gasteiger partial charge in [-0.25, -0.2) is 0 Å². The molecule has 0 unspecified atom stereocenters. The minimum Gasteiger partial charge on any atom is -0.464 e. The predicted octanol–water partition coefficient (Wildman–Crippen LogP) is 4.17. The highest BCUT2D eigenvalue weighted by Gasteiger charge is 2.22. The standard InChI is InChI=1S/C27H30N2O6S2/c1-20-6-8-25(9-7-20)37(31,32)28-36-12-10-23(11-13-36)34-19-35-27-18-33-24(14-26(27)30)17-29-15-21-4-2-3-5-22(21)16-29/h2-9,14,18,23H,10-13,15-17,19H2,1H3. The van der Waals surface area contributed by atoms with Crippen molar-refractivity contribution in [2.75, 3.05) is 18.3 Å². The lowest BCUT2D eigenvalue weighted by Crippen LogP contribution is -2.27. The SMILES string of the molecule is Cc1ccc(S(=O)(=O)N=S2CCC(OCOc3coc(CN4Cc5ccccc5C4)cc3=O)CC2)cc1. The minimum absolute atomic E-state index is 0.0656. The molecule has 0 saturated carbocycles. The Morgan fingerprint density at radius 1 is 1.05 bits per heavy atom. The Hall–Kier alpha value is -2.79. The van der Waals surface area contributed by atoms with E-state index in [1.54, 1.807) is 24.3 Å². The van der Waals surface area contributed by atoms with E-state index >= 15 is 0 Å². The molecule has 0 atom stereocenters. The van der Waals surface area contributed by atoms with Crippen molar-refractivity contribution < 1.29 is 22.3 Å². The third kappa shape index (κ3) is 6.56. The summed E-state index contributed by atoms with van der Waals surface area (Å²) >= 11 is 0. The molecule has 37 heavy (non-hydrogen) atoms. The van der Waals surface area contributed by atoms with Gasteiger partial charge in [-0.2, -0.15) is 8.42 Å². The average molecular weight is 543 g/mol. The largest absolute Gasteiger partial charge is 0.464 e. The first-order chi connectivity index (χ1) is 17.9. The fourth-order valence-corrected chi connectivity index (χ4v) is 8.28.